The van der Waals surface area contributed by atoms with E-state index in [9.17, 15) is 13.2 Å². The fourth-order valence-electron chi connectivity index (χ4n) is 3.69. The SMILES string of the molecule is Cc1cccc(N2CCN(CCCNC(=O)[C@H](C)NS(=O)(=O)c3ccc(Cl)cc3)CC2)c1. The molecule has 0 saturated carbocycles. The summed E-state index contributed by atoms with van der Waals surface area (Å²) in [7, 11) is -3.78. The summed E-state index contributed by atoms with van der Waals surface area (Å²) in [5, 5.41) is 3.27. The summed E-state index contributed by atoms with van der Waals surface area (Å²) in [4.78, 5) is 17.2. The number of anilines is 1. The lowest BCUT2D eigenvalue weighted by molar-refractivity contribution is -0.122. The van der Waals surface area contributed by atoms with Gasteiger partial charge in [0.05, 0.1) is 10.9 Å². The van der Waals surface area contributed by atoms with Crippen LogP contribution in [-0.2, 0) is 14.8 Å². The third kappa shape index (κ3) is 6.93. The number of rotatable bonds is 9. The number of amides is 1. The Morgan fingerprint density at radius 1 is 1.09 bits per heavy atom. The molecule has 0 radical (unpaired) electrons. The number of sulfonamides is 1. The summed E-state index contributed by atoms with van der Waals surface area (Å²) in [6.07, 6.45) is 0.812. The van der Waals surface area contributed by atoms with Crippen LogP contribution in [0.25, 0.3) is 0 Å². The zero-order valence-corrected chi connectivity index (χ0v) is 20.1. The second-order valence-corrected chi connectivity index (χ2v) is 10.3. The quantitative estimate of drug-likeness (QED) is 0.541. The first-order valence-corrected chi connectivity index (χ1v) is 12.7. The molecule has 1 fully saturated rings. The van der Waals surface area contributed by atoms with Crippen LogP contribution in [0.5, 0.6) is 0 Å². The van der Waals surface area contributed by atoms with Crippen LogP contribution in [0.15, 0.2) is 53.4 Å². The molecular weight excluding hydrogens is 448 g/mol. The number of aryl methyl sites for hydroxylation is 1. The molecular formula is C23H31ClN4O3S. The second-order valence-electron chi connectivity index (χ2n) is 8.11. The first-order chi connectivity index (χ1) is 15.2. The first kappa shape index (κ1) is 24.5. The highest BCUT2D eigenvalue weighted by molar-refractivity contribution is 7.89. The molecule has 0 aromatic heterocycles. The summed E-state index contributed by atoms with van der Waals surface area (Å²) in [5.74, 6) is -0.341. The monoisotopic (exact) mass is 478 g/mol. The summed E-state index contributed by atoms with van der Waals surface area (Å²) < 4.78 is 27.2. The van der Waals surface area contributed by atoms with Gasteiger partial charge in [0.1, 0.15) is 0 Å². The zero-order chi connectivity index (χ0) is 23.1. The standard InChI is InChI=1S/C23H31ClN4O3S/c1-18-5-3-6-21(17-18)28-15-13-27(14-16-28)12-4-11-25-23(29)19(2)26-32(30,31)22-9-7-20(24)8-10-22/h3,5-10,17,19,26H,4,11-16H2,1-2H3,(H,25,29)/t19-/m0/s1. The van der Waals surface area contributed by atoms with E-state index in [-0.39, 0.29) is 10.8 Å². The number of nitrogens with zero attached hydrogens (tertiary/aromatic N) is 2. The number of halogens is 1. The van der Waals surface area contributed by atoms with E-state index in [1.807, 2.05) is 0 Å². The number of benzene rings is 2. The molecule has 2 N–H and O–H groups in total. The van der Waals surface area contributed by atoms with E-state index in [0.717, 1.165) is 39.1 Å². The van der Waals surface area contributed by atoms with Gasteiger partial charge in [-0.2, -0.15) is 4.72 Å². The molecule has 1 saturated heterocycles. The van der Waals surface area contributed by atoms with E-state index in [1.54, 1.807) is 0 Å². The highest BCUT2D eigenvalue weighted by atomic mass is 35.5. The van der Waals surface area contributed by atoms with E-state index in [2.05, 4.69) is 51.0 Å². The Morgan fingerprint density at radius 2 is 1.78 bits per heavy atom. The van der Waals surface area contributed by atoms with Crippen molar-refractivity contribution >= 4 is 33.2 Å². The normalized spacial score (nSPS) is 16.0. The lowest BCUT2D eigenvalue weighted by atomic mass is 10.2. The van der Waals surface area contributed by atoms with Crippen molar-refractivity contribution in [3.63, 3.8) is 0 Å². The number of hydrogen-bond donors (Lipinski definition) is 2. The Labute approximate surface area is 195 Å². The van der Waals surface area contributed by atoms with Crippen LogP contribution >= 0.6 is 11.6 Å². The van der Waals surface area contributed by atoms with Crippen LogP contribution in [0, 0.1) is 6.92 Å². The van der Waals surface area contributed by atoms with Crippen LogP contribution in [0.3, 0.4) is 0 Å². The van der Waals surface area contributed by atoms with Crippen molar-refractivity contribution in [2.24, 2.45) is 0 Å². The fraction of sp³-hybridized carbons (Fsp3) is 0.435. The number of piperazine rings is 1. The highest BCUT2D eigenvalue weighted by Gasteiger charge is 2.22. The van der Waals surface area contributed by atoms with Crippen molar-refractivity contribution in [2.75, 3.05) is 44.2 Å². The topological polar surface area (TPSA) is 81.8 Å². The van der Waals surface area contributed by atoms with Gasteiger partial charge in [-0.05, 0) is 68.8 Å². The maximum absolute atomic E-state index is 12.4. The largest absolute Gasteiger partial charge is 0.369 e. The number of carbonyl (C=O) groups is 1. The molecule has 2 aromatic carbocycles. The summed E-state index contributed by atoms with van der Waals surface area (Å²) in [5.41, 5.74) is 2.54. The third-order valence-corrected chi connectivity index (χ3v) is 7.35. The Morgan fingerprint density at radius 3 is 2.44 bits per heavy atom. The maximum atomic E-state index is 12.4. The van der Waals surface area contributed by atoms with Crippen LogP contribution in [0.2, 0.25) is 5.02 Å². The molecule has 0 unspecified atom stereocenters. The third-order valence-electron chi connectivity index (χ3n) is 5.54. The van der Waals surface area contributed by atoms with Crippen molar-refractivity contribution < 1.29 is 13.2 Å². The smallest absolute Gasteiger partial charge is 0.241 e. The summed E-state index contributed by atoms with van der Waals surface area (Å²) in [6.45, 7) is 8.98. The molecule has 1 atom stereocenters. The minimum Gasteiger partial charge on any atom is -0.369 e. The van der Waals surface area contributed by atoms with Gasteiger partial charge in [0, 0.05) is 43.4 Å². The van der Waals surface area contributed by atoms with Crippen molar-refractivity contribution in [2.45, 2.75) is 31.2 Å². The van der Waals surface area contributed by atoms with Gasteiger partial charge >= 0.3 is 0 Å². The molecule has 2 aromatic rings. The van der Waals surface area contributed by atoms with Crippen molar-refractivity contribution in [1.29, 1.82) is 0 Å². The Bertz CT molecular complexity index is 1010. The van der Waals surface area contributed by atoms with Gasteiger partial charge in [0.25, 0.3) is 0 Å². The molecule has 0 bridgehead atoms. The van der Waals surface area contributed by atoms with Gasteiger partial charge in [-0.1, -0.05) is 23.7 Å². The molecule has 32 heavy (non-hydrogen) atoms. The number of nitrogens with one attached hydrogen (secondary N) is 2. The minimum atomic E-state index is -3.78. The predicted octanol–water partition coefficient (Wildman–Crippen LogP) is 2.64. The van der Waals surface area contributed by atoms with Crippen LogP contribution in [0.4, 0.5) is 5.69 Å². The van der Waals surface area contributed by atoms with E-state index < -0.39 is 16.1 Å². The molecule has 1 amide bonds. The number of hydrogen-bond acceptors (Lipinski definition) is 5. The highest BCUT2D eigenvalue weighted by Crippen LogP contribution is 2.18. The molecule has 1 heterocycles. The number of carbonyl (C=O) groups excluding carboxylic acids is 1. The van der Waals surface area contributed by atoms with Gasteiger partial charge in [0.2, 0.25) is 15.9 Å². The Balaban J connectivity index is 1.35. The maximum Gasteiger partial charge on any atom is 0.241 e. The van der Waals surface area contributed by atoms with Crippen molar-refractivity contribution in [1.82, 2.24) is 14.9 Å². The predicted molar refractivity (Wildman–Crippen MR) is 129 cm³/mol. The molecule has 174 valence electrons. The van der Waals surface area contributed by atoms with Gasteiger partial charge in [0.15, 0.2) is 0 Å². The van der Waals surface area contributed by atoms with E-state index in [4.69, 9.17) is 11.6 Å². The Hall–Kier alpha value is -2.13. The lowest BCUT2D eigenvalue weighted by Gasteiger charge is -2.36. The molecule has 3 rings (SSSR count). The molecule has 0 spiro atoms. The molecule has 0 aliphatic carbocycles. The lowest BCUT2D eigenvalue weighted by Crippen LogP contribution is -2.47. The van der Waals surface area contributed by atoms with Gasteiger partial charge < -0.3 is 10.2 Å². The molecule has 9 heteroatoms. The van der Waals surface area contributed by atoms with E-state index in [0.29, 0.717) is 11.6 Å². The minimum absolute atomic E-state index is 0.0753. The molecule has 1 aliphatic heterocycles. The fourth-order valence-corrected chi connectivity index (χ4v) is 5.02. The Kier molecular flexibility index (Phi) is 8.53. The summed E-state index contributed by atoms with van der Waals surface area (Å²) in [6, 6.07) is 13.5. The van der Waals surface area contributed by atoms with Crippen LogP contribution in [0.1, 0.15) is 18.9 Å². The second kappa shape index (κ2) is 11.1. The molecule has 1 aliphatic rings. The zero-order valence-electron chi connectivity index (χ0n) is 18.6. The van der Waals surface area contributed by atoms with E-state index >= 15 is 0 Å². The van der Waals surface area contributed by atoms with Crippen molar-refractivity contribution in [3.8, 4) is 0 Å². The molecule has 7 nitrogen and oxygen atoms in total. The average molecular weight is 479 g/mol. The average Bonchev–Trinajstić information content (AvgIpc) is 2.77. The summed E-state index contributed by atoms with van der Waals surface area (Å²) >= 11 is 5.80. The van der Waals surface area contributed by atoms with Crippen LogP contribution < -0.4 is 14.9 Å². The van der Waals surface area contributed by atoms with Gasteiger partial charge in [-0.25, -0.2) is 8.42 Å². The van der Waals surface area contributed by atoms with Crippen LogP contribution in [-0.4, -0.2) is 64.5 Å². The first-order valence-electron chi connectivity index (χ1n) is 10.8. The van der Waals surface area contributed by atoms with E-state index in [1.165, 1.54) is 42.4 Å². The van der Waals surface area contributed by atoms with Gasteiger partial charge in [-0.3, -0.25) is 9.69 Å². The van der Waals surface area contributed by atoms with Crippen molar-refractivity contribution in [3.05, 3.63) is 59.1 Å². The van der Waals surface area contributed by atoms with Gasteiger partial charge in [-0.15, -0.1) is 0 Å².